The molecule has 2 rings (SSSR count). The molecule has 6 nitrogen and oxygen atoms in total. The molecule has 0 spiro atoms. The Bertz CT molecular complexity index is 879. The lowest BCUT2D eigenvalue weighted by molar-refractivity contribution is 0.0316. The number of benzene rings is 1. The lowest BCUT2D eigenvalue weighted by atomic mass is 10.0. The number of aryl methyl sites for hydroxylation is 3. The molecule has 0 bridgehead atoms. The van der Waals surface area contributed by atoms with Gasteiger partial charge in [0.15, 0.2) is 6.10 Å². The first-order chi connectivity index (χ1) is 12.2. The van der Waals surface area contributed by atoms with Gasteiger partial charge in [-0.25, -0.2) is 9.59 Å². The van der Waals surface area contributed by atoms with Crippen molar-refractivity contribution in [3.05, 3.63) is 57.4 Å². The minimum atomic E-state index is -0.996. The van der Waals surface area contributed by atoms with Crippen LogP contribution in [-0.4, -0.2) is 35.9 Å². The quantitative estimate of drug-likeness (QED) is 0.654. The number of ketones is 1. The standard InChI is InChI=1S/C20H23NO5/c1-10-7-8-11(2)15(9-10)19(23)26-14(5)18(22)17-12(3)16(13(4)21-17)20(24)25-6/h7-9,14,21H,1-6H3/t14-/m0/s1. The average Bonchev–Trinajstić information content (AvgIpc) is 2.89. The number of aromatic nitrogens is 1. The highest BCUT2D eigenvalue weighted by Gasteiger charge is 2.27. The SMILES string of the molecule is COC(=O)c1c(C)[nH]c(C(=O)[C@H](C)OC(=O)c2cc(C)ccc2C)c1C. The van der Waals surface area contributed by atoms with Crippen molar-refractivity contribution in [1.82, 2.24) is 4.98 Å². The van der Waals surface area contributed by atoms with Crippen LogP contribution >= 0.6 is 0 Å². The highest BCUT2D eigenvalue weighted by Crippen LogP contribution is 2.21. The van der Waals surface area contributed by atoms with Gasteiger partial charge in [-0.2, -0.15) is 0 Å². The number of H-pyrrole nitrogens is 1. The van der Waals surface area contributed by atoms with E-state index in [1.54, 1.807) is 19.9 Å². The molecule has 0 radical (unpaired) electrons. The van der Waals surface area contributed by atoms with Crippen molar-refractivity contribution in [1.29, 1.82) is 0 Å². The number of carbonyl (C=O) groups excluding carboxylic acids is 3. The minimum absolute atomic E-state index is 0.240. The van der Waals surface area contributed by atoms with Crippen LogP contribution in [-0.2, 0) is 9.47 Å². The van der Waals surface area contributed by atoms with Crippen molar-refractivity contribution in [3.63, 3.8) is 0 Å². The summed E-state index contributed by atoms with van der Waals surface area (Å²) >= 11 is 0. The largest absolute Gasteiger partial charge is 0.465 e. The van der Waals surface area contributed by atoms with Gasteiger partial charge in [-0.1, -0.05) is 17.7 Å². The summed E-state index contributed by atoms with van der Waals surface area (Å²) in [4.78, 5) is 39.9. The minimum Gasteiger partial charge on any atom is -0.465 e. The van der Waals surface area contributed by atoms with Crippen LogP contribution < -0.4 is 0 Å². The number of methoxy groups -OCH3 is 1. The van der Waals surface area contributed by atoms with Gasteiger partial charge in [-0.3, -0.25) is 4.79 Å². The van der Waals surface area contributed by atoms with Crippen LogP contribution in [0.5, 0.6) is 0 Å². The second-order valence-electron chi connectivity index (χ2n) is 6.35. The molecule has 0 amide bonds. The summed E-state index contributed by atoms with van der Waals surface area (Å²) in [7, 11) is 1.28. The van der Waals surface area contributed by atoms with Crippen molar-refractivity contribution in [2.45, 2.75) is 40.7 Å². The van der Waals surface area contributed by atoms with Crippen molar-refractivity contribution >= 4 is 17.7 Å². The summed E-state index contributed by atoms with van der Waals surface area (Å²) in [5, 5.41) is 0. The van der Waals surface area contributed by atoms with Gasteiger partial charge in [0.1, 0.15) is 0 Å². The van der Waals surface area contributed by atoms with E-state index in [2.05, 4.69) is 4.98 Å². The summed E-state index contributed by atoms with van der Waals surface area (Å²) in [6.07, 6.45) is -0.996. The van der Waals surface area contributed by atoms with Crippen LogP contribution in [0.3, 0.4) is 0 Å². The van der Waals surface area contributed by atoms with Gasteiger partial charge in [-0.05, 0) is 51.8 Å². The van der Waals surface area contributed by atoms with Crippen LogP contribution in [0, 0.1) is 27.7 Å². The second-order valence-corrected chi connectivity index (χ2v) is 6.35. The smallest absolute Gasteiger partial charge is 0.339 e. The van der Waals surface area contributed by atoms with Crippen molar-refractivity contribution in [2.24, 2.45) is 0 Å². The zero-order valence-corrected chi connectivity index (χ0v) is 15.9. The Hall–Kier alpha value is -2.89. The predicted octanol–water partition coefficient (Wildman–Crippen LogP) is 3.46. The molecule has 6 heteroatoms. The number of aromatic amines is 1. The fourth-order valence-corrected chi connectivity index (χ4v) is 2.84. The highest BCUT2D eigenvalue weighted by atomic mass is 16.5. The molecule has 0 saturated heterocycles. The Morgan fingerprint density at radius 3 is 2.31 bits per heavy atom. The Morgan fingerprint density at radius 1 is 1.04 bits per heavy atom. The number of Topliss-reactive ketones (excluding diaryl/α,β-unsaturated/α-hetero) is 1. The fourth-order valence-electron chi connectivity index (χ4n) is 2.84. The summed E-state index contributed by atoms with van der Waals surface area (Å²) < 4.78 is 10.1. The maximum atomic E-state index is 12.7. The molecule has 0 aliphatic heterocycles. The molecule has 0 aliphatic carbocycles. The summed E-state index contributed by atoms with van der Waals surface area (Å²) in [6, 6.07) is 5.47. The number of rotatable bonds is 5. The van der Waals surface area contributed by atoms with Gasteiger partial charge in [-0.15, -0.1) is 0 Å². The average molecular weight is 357 g/mol. The number of nitrogens with one attached hydrogen (secondary N) is 1. The Balaban J connectivity index is 2.24. The first kappa shape index (κ1) is 19.4. The van der Waals surface area contributed by atoms with Crippen LogP contribution in [0.1, 0.15) is 60.5 Å². The second kappa shape index (κ2) is 7.56. The van der Waals surface area contributed by atoms with E-state index in [4.69, 9.17) is 9.47 Å². The van der Waals surface area contributed by atoms with E-state index >= 15 is 0 Å². The Labute approximate surface area is 152 Å². The van der Waals surface area contributed by atoms with Gasteiger partial charge < -0.3 is 14.5 Å². The monoisotopic (exact) mass is 357 g/mol. The lowest BCUT2D eigenvalue weighted by Gasteiger charge is -2.13. The zero-order chi connectivity index (χ0) is 19.6. The van der Waals surface area contributed by atoms with E-state index in [1.807, 2.05) is 26.0 Å². The summed E-state index contributed by atoms with van der Waals surface area (Å²) in [5.74, 6) is -1.48. The first-order valence-corrected chi connectivity index (χ1v) is 8.27. The molecule has 1 aromatic heterocycles. The van der Waals surface area contributed by atoms with Gasteiger partial charge >= 0.3 is 11.9 Å². The van der Waals surface area contributed by atoms with Gasteiger partial charge in [0.2, 0.25) is 5.78 Å². The summed E-state index contributed by atoms with van der Waals surface area (Å²) in [5.41, 5.74) is 3.72. The maximum absolute atomic E-state index is 12.7. The van der Waals surface area contributed by atoms with E-state index in [0.29, 0.717) is 22.4 Å². The normalized spacial score (nSPS) is 11.8. The molecule has 26 heavy (non-hydrogen) atoms. The predicted molar refractivity (Wildman–Crippen MR) is 96.7 cm³/mol. The first-order valence-electron chi connectivity index (χ1n) is 8.27. The molecule has 0 aliphatic rings. The molecule has 1 aromatic carbocycles. The molecule has 1 atom stereocenters. The van der Waals surface area contributed by atoms with E-state index in [1.165, 1.54) is 14.0 Å². The van der Waals surface area contributed by atoms with Crippen molar-refractivity contribution in [3.8, 4) is 0 Å². The number of hydrogen-bond donors (Lipinski definition) is 1. The zero-order valence-electron chi connectivity index (χ0n) is 15.9. The Morgan fingerprint density at radius 2 is 1.69 bits per heavy atom. The van der Waals surface area contributed by atoms with E-state index in [0.717, 1.165) is 11.1 Å². The molecule has 2 aromatic rings. The topological polar surface area (TPSA) is 85.5 Å². The molecule has 0 fully saturated rings. The van der Waals surface area contributed by atoms with Gasteiger partial charge in [0, 0.05) is 5.69 Å². The van der Waals surface area contributed by atoms with Crippen LogP contribution in [0.2, 0.25) is 0 Å². The van der Waals surface area contributed by atoms with Crippen LogP contribution in [0.4, 0.5) is 0 Å². The van der Waals surface area contributed by atoms with Crippen molar-refractivity contribution in [2.75, 3.05) is 7.11 Å². The number of ether oxygens (including phenoxy) is 2. The number of carbonyl (C=O) groups is 3. The third kappa shape index (κ3) is 3.69. The number of hydrogen-bond acceptors (Lipinski definition) is 5. The van der Waals surface area contributed by atoms with Crippen LogP contribution in [0.15, 0.2) is 18.2 Å². The third-order valence-corrected chi connectivity index (χ3v) is 4.34. The fraction of sp³-hybridized carbons (Fsp3) is 0.350. The van der Waals surface area contributed by atoms with E-state index < -0.39 is 23.8 Å². The third-order valence-electron chi connectivity index (χ3n) is 4.34. The molecular weight excluding hydrogens is 334 g/mol. The molecule has 138 valence electrons. The lowest BCUT2D eigenvalue weighted by Crippen LogP contribution is -2.25. The van der Waals surface area contributed by atoms with E-state index in [-0.39, 0.29) is 5.69 Å². The Kier molecular flexibility index (Phi) is 5.65. The molecule has 0 saturated carbocycles. The maximum Gasteiger partial charge on any atom is 0.339 e. The molecule has 1 heterocycles. The molecule has 0 unspecified atom stereocenters. The van der Waals surface area contributed by atoms with Gasteiger partial charge in [0.05, 0.1) is 23.9 Å². The number of esters is 2. The van der Waals surface area contributed by atoms with Crippen molar-refractivity contribution < 1.29 is 23.9 Å². The van der Waals surface area contributed by atoms with Crippen LogP contribution in [0.25, 0.3) is 0 Å². The highest BCUT2D eigenvalue weighted by molar-refractivity contribution is 6.04. The molecular formula is C20H23NO5. The molecule has 1 N–H and O–H groups in total. The van der Waals surface area contributed by atoms with Gasteiger partial charge in [0.25, 0.3) is 0 Å². The van der Waals surface area contributed by atoms with E-state index in [9.17, 15) is 14.4 Å². The summed E-state index contributed by atoms with van der Waals surface area (Å²) in [6.45, 7) is 8.54.